The van der Waals surface area contributed by atoms with E-state index in [1.807, 2.05) is 6.92 Å². The summed E-state index contributed by atoms with van der Waals surface area (Å²) in [5, 5.41) is 23.2. The summed E-state index contributed by atoms with van der Waals surface area (Å²) in [6.07, 6.45) is -3.52. The molecule has 34 heteroatoms. The van der Waals surface area contributed by atoms with E-state index in [2.05, 4.69) is 26.6 Å². The van der Waals surface area contributed by atoms with E-state index < -0.39 is 227 Å². The largest absolute Gasteiger partial charge is 0.481 e. The third kappa shape index (κ3) is 32.2. The van der Waals surface area contributed by atoms with Gasteiger partial charge in [-0.25, -0.2) is 0 Å². The Labute approximate surface area is 489 Å². The van der Waals surface area contributed by atoms with Gasteiger partial charge >= 0.3 is 11.9 Å². The van der Waals surface area contributed by atoms with Gasteiger partial charge in [-0.2, -0.15) is 42.1 Å². The number of esters is 1. The quantitative estimate of drug-likeness (QED) is 0.0240. The van der Waals surface area contributed by atoms with Crippen LogP contribution in [0.5, 0.6) is 0 Å². The first kappa shape index (κ1) is 78.8. The van der Waals surface area contributed by atoms with Gasteiger partial charge in [0.05, 0.1) is 73.9 Å². The Morgan fingerprint density at radius 3 is 0.952 bits per heavy atom. The molecule has 11 N–H and O–H groups in total. The summed E-state index contributed by atoms with van der Waals surface area (Å²) in [7, 11) is -24.2. The Hall–Kier alpha value is -4.16. The van der Waals surface area contributed by atoms with Crippen LogP contribution in [0.15, 0.2) is 0 Å². The van der Waals surface area contributed by atoms with Gasteiger partial charge < -0.3 is 36.4 Å². The number of carbonyl (C=O) groups excluding carboxylic acids is 6. The number of unbranched alkanes of at least 4 members (excludes halogenated alkanes) is 1. The molecule has 0 aromatic rings. The van der Waals surface area contributed by atoms with Gasteiger partial charge in [-0.1, -0.05) is 27.2 Å². The highest BCUT2D eigenvalue weighted by molar-refractivity contribution is 7.86. The fraction of sp³-hybridized carbons (Fsp3) is 0.857. The number of carboxylic acids is 1. The molecule has 0 radical (unpaired) electrons. The summed E-state index contributed by atoms with van der Waals surface area (Å²) in [4.78, 5) is 100. The lowest BCUT2D eigenvalue weighted by atomic mass is 9.66. The van der Waals surface area contributed by atoms with E-state index in [4.69, 9.17) is 4.74 Å². The molecule has 7 unspecified atom stereocenters. The van der Waals surface area contributed by atoms with E-state index in [9.17, 15) is 98.7 Å². The van der Waals surface area contributed by atoms with Crippen molar-refractivity contribution in [3.05, 3.63) is 0 Å². The smallest absolute Gasteiger partial charge is 0.311 e. The molecule has 0 aliphatic heterocycles. The minimum absolute atomic E-state index is 0.0119. The number of rotatable bonds is 38. The van der Waals surface area contributed by atoms with Crippen molar-refractivity contribution < 1.29 is 108 Å². The number of carbonyl (C=O) groups is 7. The molecular formula is C49H91N5O24S5. The maximum atomic E-state index is 15.0. The van der Waals surface area contributed by atoms with Crippen LogP contribution in [0.2, 0.25) is 0 Å². The van der Waals surface area contributed by atoms with Gasteiger partial charge in [0, 0.05) is 29.6 Å². The van der Waals surface area contributed by atoms with Crippen molar-refractivity contribution in [2.24, 2.45) is 40.4 Å². The van der Waals surface area contributed by atoms with Crippen LogP contribution in [-0.2, 0) is 88.9 Å². The Bertz CT molecular complexity index is 2910. The lowest BCUT2D eigenvalue weighted by Gasteiger charge is -2.38. The highest BCUT2D eigenvalue weighted by Crippen LogP contribution is 2.44. The minimum atomic E-state index is -4.91. The monoisotopic (exact) mass is 1290 g/mol. The van der Waals surface area contributed by atoms with Crippen LogP contribution < -0.4 is 26.6 Å². The normalized spacial score (nSPS) is 16.8. The summed E-state index contributed by atoms with van der Waals surface area (Å²) < 4.78 is 175. The molecule has 0 fully saturated rings. The molecule has 0 heterocycles. The second-order valence-electron chi connectivity index (χ2n) is 25.8. The standard InChI is InChI=1S/C49H91N5O24S5/c1-16-18-19-78-42(62)48(14,17-2)25-49(15,41(60)61)24-35(40(59)54-47(12,13)30-83(75,76)77)23-34(39(58)53-46(10,11)29-82(72,73)74)22-33(38(57)52-45(8,9)28-81(69,70)71)21-32(37(56)51-44(6,7)27-80(66,67)68)20-31(3)36(55)50-43(4,5)26-79(63,64)65/h31-35H,16-30H2,1-15H3,(H,50,55)(H,51,56)(H,52,57)(H,53,58)(H,54,59)(H,60,61)(H,63,64,65)(H,66,67,68)(H,69,70,71)(H,72,73,74)(H,75,76,77). The van der Waals surface area contributed by atoms with Gasteiger partial charge in [0.1, 0.15) is 0 Å². The SMILES string of the molecule is CCCCOC(=O)C(C)(CC)CC(C)(CC(CC(CC(CC(CC(C)C(=O)NC(C)(C)CS(=O)(=O)O)C(=O)NC(C)(C)CS(=O)(=O)O)C(=O)NC(C)(C)CS(=O)(=O)O)C(=O)NC(C)(C)CS(=O)(=O)O)C(=O)NC(C)(C)CS(=O)(=O)O)C(=O)O. The van der Waals surface area contributed by atoms with E-state index in [1.165, 1.54) is 62.3 Å². The van der Waals surface area contributed by atoms with Crippen molar-refractivity contribution in [2.45, 2.75) is 189 Å². The first-order chi connectivity index (χ1) is 36.7. The number of carboxylic acid groups (broad SMARTS) is 1. The molecule has 0 saturated heterocycles. The second kappa shape index (κ2) is 29.5. The van der Waals surface area contributed by atoms with E-state index in [0.29, 0.717) is 12.8 Å². The van der Waals surface area contributed by atoms with Gasteiger partial charge in [-0.15, -0.1) is 0 Å². The maximum absolute atomic E-state index is 15.0. The summed E-state index contributed by atoms with van der Waals surface area (Å²) in [6, 6.07) is 0. The number of amides is 5. The number of aliphatic carboxylic acids is 1. The van der Waals surface area contributed by atoms with E-state index in [-0.39, 0.29) is 13.0 Å². The molecule has 83 heavy (non-hydrogen) atoms. The van der Waals surface area contributed by atoms with Crippen molar-refractivity contribution >= 4 is 92.1 Å². The fourth-order valence-corrected chi connectivity index (χ4v) is 14.8. The number of hydrogen-bond acceptors (Lipinski definition) is 18. The highest BCUT2D eigenvalue weighted by atomic mass is 32.2. The van der Waals surface area contributed by atoms with Crippen LogP contribution in [-0.4, -0.2) is 174 Å². The van der Waals surface area contributed by atoms with Crippen LogP contribution in [0.3, 0.4) is 0 Å². The average molecular weight is 1290 g/mol. The molecule has 0 aliphatic carbocycles. The fourth-order valence-electron chi connectivity index (χ4n) is 9.90. The molecule has 0 rings (SSSR count). The van der Waals surface area contributed by atoms with Crippen LogP contribution in [0.1, 0.15) is 162 Å². The van der Waals surface area contributed by atoms with Gasteiger partial charge in [0.2, 0.25) is 29.5 Å². The zero-order valence-corrected chi connectivity index (χ0v) is 54.1. The zero-order chi connectivity index (χ0) is 65.8. The molecule has 5 amide bonds. The van der Waals surface area contributed by atoms with Crippen molar-refractivity contribution in [3.63, 3.8) is 0 Å². The molecule has 0 saturated carbocycles. The van der Waals surface area contributed by atoms with Crippen molar-refractivity contribution in [2.75, 3.05) is 35.4 Å². The topological polar surface area (TPSA) is 481 Å². The summed E-state index contributed by atoms with van der Waals surface area (Å²) in [5.41, 5.74) is -12.9. The molecule has 0 aliphatic rings. The third-order valence-electron chi connectivity index (χ3n) is 13.3. The number of nitrogens with one attached hydrogen (secondary N) is 5. The van der Waals surface area contributed by atoms with Crippen LogP contribution in [0, 0.1) is 40.4 Å². The number of ether oxygens (including phenoxy) is 1. The average Bonchev–Trinajstić information content (AvgIpc) is 3.19. The Morgan fingerprint density at radius 2 is 0.687 bits per heavy atom. The summed E-state index contributed by atoms with van der Waals surface area (Å²) in [6.45, 7) is 19.0. The Balaban J connectivity index is 8.90. The lowest BCUT2D eigenvalue weighted by molar-refractivity contribution is -0.162. The predicted molar refractivity (Wildman–Crippen MR) is 304 cm³/mol. The van der Waals surface area contributed by atoms with Gasteiger partial charge in [-0.05, 0) is 134 Å². The zero-order valence-electron chi connectivity index (χ0n) is 50.1. The van der Waals surface area contributed by atoms with Crippen LogP contribution in [0.4, 0.5) is 0 Å². The van der Waals surface area contributed by atoms with Gasteiger partial charge in [0.15, 0.2) is 0 Å². The highest BCUT2D eigenvalue weighted by Gasteiger charge is 2.49. The maximum Gasteiger partial charge on any atom is 0.311 e. The Morgan fingerprint density at radius 1 is 0.422 bits per heavy atom. The molecule has 0 bridgehead atoms. The molecule has 29 nitrogen and oxygen atoms in total. The second-order valence-corrected chi connectivity index (χ2v) is 33.0. The van der Waals surface area contributed by atoms with Gasteiger partial charge in [0.25, 0.3) is 50.6 Å². The minimum Gasteiger partial charge on any atom is -0.481 e. The first-order valence-corrected chi connectivity index (χ1v) is 34.5. The summed E-state index contributed by atoms with van der Waals surface area (Å²) >= 11 is 0. The van der Waals surface area contributed by atoms with E-state index >= 15 is 4.79 Å². The van der Waals surface area contributed by atoms with Crippen molar-refractivity contribution in [1.29, 1.82) is 0 Å². The van der Waals surface area contributed by atoms with Gasteiger partial charge in [-0.3, -0.25) is 56.3 Å². The molecule has 7 atom stereocenters. The van der Waals surface area contributed by atoms with Crippen molar-refractivity contribution in [3.8, 4) is 0 Å². The molecule has 0 spiro atoms. The molecular weight excluding hydrogens is 1200 g/mol. The van der Waals surface area contributed by atoms with E-state index in [0.717, 1.165) is 27.7 Å². The van der Waals surface area contributed by atoms with Crippen molar-refractivity contribution in [1.82, 2.24) is 26.6 Å². The molecule has 486 valence electrons. The Kier molecular flexibility index (Phi) is 28.0. The molecule has 0 aromatic heterocycles. The lowest BCUT2D eigenvalue weighted by Crippen LogP contribution is -2.54. The van der Waals surface area contributed by atoms with Crippen LogP contribution >= 0.6 is 0 Å². The van der Waals surface area contributed by atoms with E-state index in [1.54, 1.807) is 6.92 Å². The third-order valence-corrected chi connectivity index (χ3v) is 18.7. The summed E-state index contributed by atoms with van der Waals surface area (Å²) in [5.74, 6) is -22.2. The molecule has 0 aromatic carbocycles. The first-order valence-electron chi connectivity index (χ1n) is 26.5. The van der Waals surface area contributed by atoms with Crippen LogP contribution in [0.25, 0.3) is 0 Å². The predicted octanol–water partition coefficient (Wildman–Crippen LogP) is 2.19. The number of hydrogen-bond donors (Lipinski definition) is 11.